The summed E-state index contributed by atoms with van der Waals surface area (Å²) in [6.07, 6.45) is -1.86. The molecular weight excluding hydrogens is 433 g/mol. The van der Waals surface area contributed by atoms with Crippen molar-refractivity contribution in [2.75, 3.05) is 42.6 Å². The highest BCUT2D eigenvalue weighted by molar-refractivity contribution is 7.89. The van der Waals surface area contributed by atoms with Crippen LogP contribution >= 0.6 is 0 Å². The van der Waals surface area contributed by atoms with E-state index in [1.54, 1.807) is 4.90 Å². The highest BCUT2D eigenvalue weighted by atomic mass is 32.2. The fourth-order valence-corrected chi connectivity index (χ4v) is 7.79. The Kier molecular flexibility index (Phi) is 5.08. The molecule has 2 heterocycles. The Hall–Kier alpha value is -1.88. The van der Waals surface area contributed by atoms with E-state index in [9.17, 15) is 26.4 Å². The largest absolute Gasteiger partial charge is 0.417 e. The number of nitrogen functional groups attached to an aromatic ring is 1. The van der Waals surface area contributed by atoms with Crippen LogP contribution in [-0.4, -0.2) is 55.4 Å². The quantitative estimate of drug-likeness (QED) is 0.742. The summed E-state index contributed by atoms with van der Waals surface area (Å²) in [5, 5.41) is 0. The number of fused-ring (bicyclic) bond motifs is 2. The molecule has 7 nitrogen and oxygen atoms in total. The highest BCUT2D eigenvalue weighted by Crippen LogP contribution is 2.64. The first kappa shape index (κ1) is 22.3. The lowest BCUT2D eigenvalue weighted by Gasteiger charge is -2.40. The number of sulfonamides is 1. The van der Waals surface area contributed by atoms with E-state index in [1.165, 1.54) is 4.31 Å². The number of pyridine rings is 1. The Morgan fingerprint density at radius 1 is 1.23 bits per heavy atom. The molecule has 3 fully saturated rings. The minimum absolute atomic E-state index is 0.0534. The maximum Gasteiger partial charge on any atom is 0.417 e. The van der Waals surface area contributed by atoms with Gasteiger partial charge in [-0.2, -0.15) is 17.5 Å². The SMILES string of the molecule is CC1(C)[C@@H]2CC[C@@]1(CS(=O)(=O)N1CCN(c3ncc(C(F)(F)F)cc3N)CC1)C(=O)C2. The van der Waals surface area contributed by atoms with E-state index < -0.39 is 27.2 Å². The van der Waals surface area contributed by atoms with Crippen molar-refractivity contribution >= 4 is 27.3 Å². The van der Waals surface area contributed by atoms with Crippen LogP contribution in [0.1, 0.15) is 38.7 Å². The van der Waals surface area contributed by atoms with Crippen LogP contribution in [0, 0.1) is 16.7 Å². The zero-order chi connectivity index (χ0) is 22.8. The van der Waals surface area contributed by atoms with Crippen molar-refractivity contribution in [3.05, 3.63) is 17.8 Å². The third kappa shape index (κ3) is 3.49. The molecule has 0 spiro atoms. The van der Waals surface area contributed by atoms with Crippen LogP contribution in [0.4, 0.5) is 24.7 Å². The molecule has 2 aliphatic carbocycles. The van der Waals surface area contributed by atoms with Crippen LogP contribution in [0.5, 0.6) is 0 Å². The molecule has 31 heavy (non-hydrogen) atoms. The fraction of sp³-hybridized carbons (Fsp3) is 0.700. The molecule has 172 valence electrons. The first-order chi connectivity index (χ1) is 14.3. The number of carbonyl (C=O) groups excluding carboxylic acids is 1. The minimum Gasteiger partial charge on any atom is -0.396 e. The van der Waals surface area contributed by atoms with E-state index in [1.807, 2.05) is 13.8 Å². The van der Waals surface area contributed by atoms with E-state index in [4.69, 9.17) is 5.73 Å². The molecule has 2 bridgehead atoms. The van der Waals surface area contributed by atoms with E-state index in [0.29, 0.717) is 12.8 Å². The van der Waals surface area contributed by atoms with Crippen molar-refractivity contribution in [2.24, 2.45) is 16.7 Å². The predicted molar refractivity (Wildman–Crippen MR) is 110 cm³/mol. The number of rotatable bonds is 4. The van der Waals surface area contributed by atoms with Crippen molar-refractivity contribution in [3.8, 4) is 0 Å². The Morgan fingerprint density at radius 3 is 2.35 bits per heavy atom. The molecule has 1 saturated heterocycles. The summed E-state index contributed by atoms with van der Waals surface area (Å²) in [5.74, 6) is 0.330. The van der Waals surface area contributed by atoms with Crippen molar-refractivity contribution in [1.82, 2.24) is 9.29 Å². The predicted octanol–water partition coefficient (Wildman–Crippen LogP) is 2.53. The topological polar surface area (TPSA) is 96.6 Å². The zero-order valence-electron chi connectivity index (χ0n) is 17.6. The van der Waals surface area contributed by atoms with Crippen molar-refractivity contribution in [3.63, 3.8) is 0 Å². The number of nitrogens with two attached hydrogens (primary N) is 1. The zero-order valence-corrected chi connectivity index (χ0v) is 18.4. The summed E-state index contributed by atoms with van der Waals surface area (Å²) in [6.45, 7) is 4.85. The summed E-state index contributed by atoms with van der Waals surface area (Å²) in [5.41, 5.74) is 3.61. The molecule has 11 heteroatoms. The number of anilines is 2. The van der Waals surface area contributed by atoms with E-state index in [0.717, 1.165) is 18.7 Å². The van der Waals surface area contributed by atoms with Gasteiger partial charge < -0.3 is 10.6 Å². The van der Waals surface area contributed by atoms with Gasteiger partial charge in [0.1, 0.15) is 5.78 Å². The number of ketones is 1. The van der Waals surface area contributed by atoms with Crippen LogP contribution in [0.2, 0.25) is 0 Å². The Bertz CT molecular complexity index is 1000. The van der Waals surface area contributed by atoms with Gasteiger partial charge in [-0.3, -0.25) is 4.79 Å². The van der Waals surface area contributed by atoms with Gasteiger partial charge in [-0.15, -0.1) is 0 Å². The number of alkyl halides is 3. The number of Topliss-reactive ketones (excluding diaryl/α,β-unsaturated/α-hetero) is 1. The summed E-state index contributed by atoms with van der Waals surface area (Å²) in [4.78, 5) is 18.3. The molecule has 2 N–H and O–H groups in total. The molecule has 1 aromatic rings. The Labute approximate surface area is 179 Å². The van der Waals surface area contributed by atoms with Gasteiger partial charge in [0.05, 0.1) is 17.0 Å². The minimum atomic E-state index is -4.53. The number of hydrogen-bond acceptors (Lipinski definition) is 6. The van der Waals surface area contributed by atoms with Crippen LogP contribution in [0.3, 0.4) is 0 Å². The number of piperazine rings is 1. The smallest absolute Gasteiger partial charge is 0.396 e. The first-order valence-electron chi connectivity index (χ1n) is 10.4. The van der Waals surface area contributed by atoms with Gasteiger partial charge >= 0.3 is 6.18 Å². The van der Waals surface area contributed by atoms with Crippen molar-refractivity contribution in [2.45, 2.75) is 39.3 Å². The summed E-state index contributed by atoms with van der Waals surface area (Å²) < 4.78 is 66.3. The van der Waals surface area contributed by atoms with Gasteiger partial charge in [0, 0.05) is 44.2 Å². The average molecular weight is 461 g/mol. The number of halogens is 3. The van der Waals surface area contributed by atoms with Gasteiger partial charge in [-0.25, -0.2) is 13.4 Å². The molecule has 0 radical (unpaired) electrons. The summed E-state index contributed by atoms with van der Waals surface area (Å²) in [7, 11) is -3.67. The van der Waals surface area contributed by atoms with Gasteiger partial charge in [0.2, 0.25) is 10.0 Å². The van der Waals surface area contributed by atoms with Crippen LogP contribution < -0.4 is 10.6 Å². The van der Waals surface area contributed by atoms with Gasteiger partial charge in [-0.1, -0.05) is 13.8 Å². The lowest BCUT2D eigenvalue weighted by molar-refractivity contribution is -0.137. The summed E-state index contributed by atoms with van der Waals surface area (Å²) >= 11 is 0. The molecule has 1 aromatic heterocycles. The number of carbonyl (C=O) groups is 1. The Morgan fingerprint density at radius 2 is 1.87 bits per heavy atom. The van der Waals surface area contributed by atoms with Gasteiger partial charge in [-0.05, 0) is 30.2 Å². The molecule has 3 aliphatic rings. The molecule has 0 amide bonds. The monoisotopic (exact) mass is 460 g/mol. The van der Waals surface area contributed by atoms with Crippen molar-refractivity contribution in [1.29, 1.82) is 0 Å². The number of hydrogen-bond donors (Lipinski definition) is 1. The Balaban J connectivity index is 1.46. The highest BCUT2D eigenvalue weighted by Gasteiger charge is 2.65. The molecule has 4 rings (SSSR count). The fourth-order valence-electron chi connectivity index (χ4n) is 5.58. The van der Waals surface area contributed by atoms with E-state index in [-0.39, 0.29) is 60.6 Å². The second kappa shape index (κ2) is 7.06. The van der Waals surface area contributed by atoms with Crippen LogP contribution in [0.25, 0.3) is 0 Å². The maximum atomic E-state index is 13.2. The molecule has 2 atom stereocenters. The maximum absolute atomic E-state index is 13.2. The van der Waals surface area contributed by atoms with Crippen LogP contribution in [-0.2, 0) is 21.0 Å². The molecule has 2 saturated carbocycles. The third-order valence-corrected chi connectivity index (χ3v) is 9.73. The van der Waals surface area contributed by atoms with Gasteiger partial charge in [0.25, 0.3) is 0 Å². The molecular formula is C20H27F3N4O3S. The lowest BCUT2D eigenvalue weighted by atomic mass is 9.70. The first-order valence-corrected chi connectivity index (χ1v) is 12.0. The lowest BCUT2D eigenvalue weighted by Crippen LogP contribution is -2.53. The third-order valence-electron chi connectivity index (χ3n) is 7.72. The molecule has 1 aliphatic heterocycles. The molecule has 0 unspecified atom stereocenters. The van der Waals surface area contributed by atoms with E-state index in [2.05, 4.69) is 4.98 Å². The second-order valence-electron chi connectivity index (χ2n) is 9.44. The number of aromatic nitrogens is 1. The van der Waals surface area contributed by atoms with Crippen molar-refractivity contribution < 1.29 is 26.4 Å². The summed E-state index contributed by atoms with van der Waals surface area (Å²) in [6, 6.07) is 0.842. The average Bonchev–Trinajstić information content (AvgIpc) is 3.01. The normalized spacial score (nSPS) is 29.0. The van der Waals surface area contributed by atoms with Gasteiger partial charge in [0.15, 0.2) is 5.82 Å². The number of nitrogens with zero attached hydrogens (tertiary/aromatic N) is 3. The second-order valence-corrected chi connectivity index (χ2v) is 11.4. The van der Waals surface area contributed by atoms with Crippen LogP contribution in [0.15, 0.2) is 12.3 Å². The standard InChI is InChI=1S/C20H27F3N4O3S/c1-18(2)13-3-4-19(18,16(28)10-13)12-31(29,30)27-7-5-26(6-8-27)17-15(24)9-14(11-25-17)20(21,22)23/h9,11,13H,3-8,10,12,24H2,1-2H3/t13-,19-/m1/s1. The molecule has 0 aromatic carbocycles. The van der Waals surface area contributed by atoms with E-state index >= 15 is 0 Å².